The molecule has 0 spiro atoms. The number of aromatic nitrogens is 2. The van der Waals surface area contributed by atoms with E-state index in [1.165, 1.54) is 5.56 Å². The van der Waals surface area contributed by atoms with Crippen LogP contribution in [0.2, 0.25) is 0 Å². The summed E-state index contributed by atoms with van der Waals surface area (Å²) < 4.78 is 0. The molecule has 0 saturated heterocycles. The molecule has 0 bridgehead atoms. The van der Waals surface area contributed by atoms with E-state index in [9.17, 15) is 0 Å². The summed E-state index contributed by atoms with van der Waals surface area (Å²) in [5, 5.41) is 0. The Morgan fingerprint density at radius 2 is 1.57 bits per heavy atom. The van der Waals surface area contributed by atoms with E-state index in [2.05, 4.69) is 16.9 Å². The lowest BCUT2D eigenvalue weighted by Crippen LogP contribution is -2.32. The minimum absolute atomic E-state index is 0.457. The Hall–Kier alpha value is -0.960. The Morgan fingerprint density at radius 3 is 1.86 bits per heavy atom. The minimum Gasteiger partial charge on any atom is -0.319 e. The van der Waals surface area contributed by atoms with Crippen molar-refractivity contribution in [2.45, 2.75) is 46.6 Å². The Labute approximate surface area is 85.8 Å². The zero-order chi connectivity index (χ0) is 10.9. The zero-order valence-electron chi connectivity index (χ0n) is 9.68. The maximum absolute atomic E-state index is 5.96. The molecular weight excluding hydrogens is 174 g/mol. The summed E-state index contributed by atoms with van der Waals surface area (Å²) in [6, 6.07) is 0. The summed E-state index contributed by atoms with van der Waals surface area (Å²) >= 11 is 0. The molecule has 14 heavy (non-hydrogen) atoms. The molecule has 0 amide bonds. The van der Waals surface area contributed by atoms with Crippen molar-refractivity contribution in [1.82, 2.24) is 9.97 Å². The van der Waals surface area contributed by atoms with Crippen LogP contribution in [0.25, 0.3) is 0 Å². The lowest BCUT2D eigenvalue weighted by atomic mass is 10.0. The van der Waals surface area contributed by atoms with E-state index in [0.29, 0.717) is 0 Å². The summed E-state index contributed by atoms with van der Waals surface area (Å²) in [7, 11) is 0. The quantitative estimate of drug-likeness (QED) is 0.779. The van der Waals surface area contributed by atoms with Crippen LogP contribution in [0.1, 0.15) is 43.5 Å². The van der Waals surface area contributed by atoms with E-state index in [0.717, 1.165) is 23.6 Å². The van der Waals surface area contributed by atoms with Gasteiger partial charge >= 0.3 is 0 Å². The molecule has 0 unspecified atom stereocenters. The first-order valence-corrected chi connectivity index (χ1v) is 4.99. The van der Waals surface area contributed by atoms with E-state index in [1.54, 1.807) is 0 Å². The molecule has 0 aromatic carbocycles. The minimum atomic E-state index is -0.457. The molecule has 1 aromatic heterocycles. The summed E-state index contributed by atoms with van der Waals surface area (Å²) in [5.74, 6) is 0.727. The number of hydrogen-bond donors (Lipinski definition) is 1. The van der Waals surface area contributed by atoms with Crippen molar-refractivity contribution in [3.8, 4) is 0 Å². The van der Waals surface area contributed by atoms with Gasteiger partial charge in [0.05, 0.1) is 5.54 Å². The molecule has 1 rings (SSSR count). The van der Waals surface area contributed by atoms with E-state index in [4.69, 9.17) is 5.73 Å². The molecule has 0 saturated carbocycles. The lowest BCUT2D eigenvalue weighted by Gasteiger charge is -2.19. The first-order chi connectivity index (χ1) is 6.36. The van der Waals surface area contributed by atoms with Gasteiger partial charge in [0, 0.05) is 11.4 Å². The first kappa shape index (κ1) is 11.1. The molecule has 0 fully saturated rings. The highest BCUT2D eigenvalue weighted by Crippen LogP contribution is 2.17. The van der Waals surface area contributed by atoms with Gasteiger partial charge in [-0.3, -0.25) is 0 Å². The normalized spacial score (nSPS) is 11.9. The Bertz CT molecular complexity index is 314. The lowest BCUT2D eigenvalue weighted by molar-refractivity contribution is 0.508. The highest BCUT2D eigenvalue weighted by atomic mass is 15.0. The number of nitrogens with zero attached hydrogens (tertiary/aromatic N) is 2. The summed E-state index contributed by atoms with van der Waals surface area (Å²) in [4.78, 5) is 8.88. The number of aryl methyl sites for hydroxylation is 2. The molecule has 0 aliphatic heterocycles. The van der Waals surface area contributed by atoms with Gasteiger partial charge in [0.15, 0.2) is 0 Å². The Morgan fingerprint density at radius 1 is 1.14 bits per heavy atom. The van der Waals surface area contributed by atoms with E-state index in [1.807, 2.05) is 27.7 Å². The van der Waals surface area contributed by atoms with Crippen molar-refractivity contribution in [1.29, 1.82) is 0 Å². The molecule has 3 heteroatoms. The van der Waals surface area contributed by atoms with Crippen molar-refractivity contribution in [3.05, 3.63) is 22.8 Å². The molecule has 0 aliphatic rings. The maximum Gasteiger partial charge on any atom is 0.148 e. The highest BCUT2D eigenvalue weighted by Gasteiger charge is 2.19. The molecular formula is C11H19N3. The SMILES string of the molecule is CCc1c(C)nc(C(C)(C)N)nc1C. The summed E-state index contributed by atoms with van der Waals surface area (Å²) in [6.45, 7) is 10.00. The fourth-order valence-electron chi connectivity index (χ4n) is 1.54. The number of rotatable bonds is 2. The summed E-state index contributed by atoms with van der Waals surface area (Å²) in [6.07, 6.45) is 0.975. The highest BCUT2D eigenvalue weighted by molar-refractivity contribution is 5.25. The molecule has 1 heterocycles. The van der Waals surface area contributed by atoms with Crippen molar-refractivity contribution >= 4 is 0 Å². The third kappa shape index (κ3) is 2.10. The first-order valence-electron chi connectivity index (χ1n) is 4.99. The van der Waals surface area contributed by atoms with Gasteiger partial charge in [0.25, 0.3) is 0 Å². The molecule has 0 atom stereocenters. The Balaban J connectivity index is 3.28. The van der Waals surface area contributed by atoms with Crippen LogP contribution in [0.3, 0.4) is 0 Å². The average Bonchev–Trinajstić information content (AvgIpc) is 2.01. The van der Waals surface area contributed by atoms with Gasteiger partial charge in [-0.1, -0.05) is 6.92 Å². The topological polar surface area (TPSA) is 51.8 Å². The smallest absolute Gasteiger partial charge is 0.148 e. The van der Waals surface area contributed by atoms with Crippen LogP contribution in [0.4, 0.5) is 0 Å². The van der Waals surface area contributed by atoms with Crippen LogP contribution < -0.4 is 5.73 Å². The number of nitrogens with two attached hydrogens (primary N) is 1. The van der Waals surface area contributed by atoms with Crippen LogP contribution in [-0.4, -0.2) is 9.97 Å². The molecule has 0 aliphatic carbocycles. The number of hydrogen-bond acceptors (Lipinski definition) is 3. The molecule has 1 aromatic rings. The van der Waals surface area contributed by atoms with Gasteiger partial charge in [-0.05, 0) is 39.7 Å². The maximum atomic E-state index is 5.96. The fraction of sp³-hybridized carbons (Fsp3) is 0.636. The monoisotopic (exact) mass is 193 g/mol. The second kappa shape index (κ2) is 3.65. The Kier molecular flexibility index (Phi) is 2.90. The zero-order valence-corrected chi connectivity index (χ0v) is 9.68. The van der Waals surface area contributed by atoms with Crippen molar-refractivity contribution in [3.63, 3.8) is 0 Å². The molecule has 3 nitrogen and oxygen atoms in total. The van der Waals surface area contributed by atoms with Gasteiger partial charge in [0.2, 0.25) is 0 Å². The third-order valence-electron chi connectivity index (χ3n) is 2.35. The molecule has 0 radical (unpaired) electrons. The third-order valence-corrected chi connectivity index (χ3v) is 2.35. The second-order valence-electron chi connectivity index (χ2n) is 4.27. The van der Waals surface area contributed by atoms with Crippen LogP contribution in [0, 0.1) is 13.8 Å². The largest absolute Gasteiger partial charge is 0.319 e. The van der Waals surface area contributed by atoms with Gasteiger partial charge in [-0.25, -0.2) is 9.97 Å². The van der Waals surface area contributed by atoms with Crippen LogP contribution >= 0.6 is 0 Å². The van der Waals surface area contributed by atoms with Crippen molar-refractivity contribution < 1.29 is 0 Å². The van der Waals surface area contributed by atoms with E-state index < -0.39 is 5.54 Å². The van der Waals surface area contributed by atoms with Gasteiger partial charge in [-0.2, -0.15) is 0 Å². The standard InChI is InChI=1S/C11H19N3/c1-6-9-7(2)13-10(11(4,5)12)14-8(9)3/h6,12H2,1-5H3. The predicted octanol–water partition coefficient (Wildman–Crippen LogP) is 1.85. The summed E-state index contributed by atoms with van der Waals surface area (Å²) in [5.41, 5.74) is 8.84. The molecule has 78 valence electrons. The van der Waals surface area contributed by atoms with Crippen LogP contribution in [0.5, 0.6) is 0 Å². The second-order valence-corrected chi connectivity index (χ2v) is 4.27. The van der Waals surface area contributed by atoms with Crippen molar-refractivity contribution in [2.75, 3.05) is 0 Å². The van der Waals surface area contributed by atoms with E-state index >= 15 is 0 Å². The fourth-order valence-corrected chi connectivity index (χ4v) is 1.54. The van der Waals surface area contributed by atoms with Gasteiger partial charge in [0.1, 0.15) is 5.82 Å². The van der Waals surface area contributed by atoms with Gasteiger partial charge in [-0.15, -0.1) is 0 Å². The average molecular weight is 193 g/mol. The van der Waals surface area contributed by atoms with Crippen LogP contribution in [0.15, 0.2) is 0 Å². The van der Waals surface area contributed by atoms with E-state index in [-0.39, 0.29) is 0 Å². The van der Waals surface area contributed by atoms with Crippen LogP contribution in [-0.2, 0) is 12.0 Å². The predicted molar refractivity (Wildman–Crippen MR) is 58.1 cm³/mol. The van der Waals surface area contributed by atoms with Gasteiger partial charge < -0.3 is 5.73 Å². The molecule has 2 N–H and O–H groups in total. The van der Waals surface area contributed by atoms with Crippen molar-refractivity contribution in [2.24, 2.45) is 5.73 Å².